The van der Waals surface area contributed by atoms with E-state index in [1.165, 1.54) is 12.8 Å². The zero-order valence-corrected chi connectivity index (χ0v) is 10.5. The standard InChI is InChI=1S/C14H17F2NO/c1-17(9-10-2-3-10)5-4-14(18)11-6-12(15)8-13(16)7-11/h6-8,10H,2-5,9H2,1H3. The van der Waals surface area contributed by atoms with Gasteiger partial charge in [-0.2, -0.15) is 0 Å². The van der Waals surface area contributed by atoms with E-state index in [4.69, 9.17) is 0 Å². The van der Waals surface area contributed by atoms with Crippen molar-refractivity contribution in [3.05, 3.63) is 35.4 Å². The molecule has 4 heteroatoms. The summed E-state index contributed by atoms with van der Waals surface area (Å²) in [5.41, 5.74) is 0.118. The summed E-state index contributed by atoms with van der Waals surface area (Å²) in [6, 6.07) is 2.95. The fourth-order valence-corrected chi connectivity index (χ4v) is 1.98. The second kappa shape index (κ2) is 5.57. The quantitative estimate of drug-likeness (QED) is 0.727. The van der Waals surface area contributed by atoms with Crippen molar-refractivity contribution in [2.75, 3.05) is 20.1 Å². The molecule has 2 nitrogen and oxygen atoms in total. The summed E-state index contributed by atoms with van der Waals surface area (Å²) in [6.45, 7) is 1.64. The van der Waals surface area contributed by atoms with Crippen molar-refractivity contribution in [3.8, 4) is 0 Å². The van der Waals surface area contributed by atoms with Gasteiger partial charge in [-0.15, -0.1) is 0 Å². The molecule has 0 amide bonds. The summed E-state index contributed by atoms with van der Waals surface area (Å²) in [6.07, 6.45) is 2.84. The summed E-state index contributed by atoms with van der Waals surface area (Å²) in [7, 11) is 1.97. The number of benzene rings is 1. The van der Waals surface area contributed by atoms with Crippen LogP contribution in [-0.4, -0.2) is 30.8 Å². The molecule has 0 radical (unpaired) electrons. The van der Waals surface area contributed by atoms with Gasteiger partial charge >= 0.3 is 0 Å². The van der Waals surface area contributed by atoms with Gasteiger partial charge in [-0.1, -0.05) is 0 Å². The third kappa shape index (κ3) is 3.88. The largest absolute Gasteiger partial charge is 0.306 e. The number of hydrogen-bond acceptors (Lipinski definition) is 2. The number of halogens is 2. The third-order valence-corrected chi connectivity index (χ3v) is 3.17. The Bertz CT molecular complexity index is 423. The Labute approximate surface area is 106 Å². The van der Waals surface area contributed by atoms with Crippen molar-refractivity contribution in [1.82, 2.24) is 4.90 Å². The highest BCUT2D eigenvalue weighted by Gasteiger charge is 2.22. The molecule has 1 aliphatic carbocycles. The van der Waals surface area contributed by atoms with Gasteiger partial charge in [0.1, 0.15) is 11.6 Å². The van der Waals surface area contributed by atoms with Crippen LogP contribution in [-0.2, 0) is 0 Å². The van der Waals surface area contributed by atoms with Gasteiger partial charge in [-0.05, 0) is 37.9 Å². The molecular formula is C14H17F2NO. The lowest BCUT2D eigenvalue weighted by Gasteiger charge is -2.15. The topological polar surface area (TPSA) is 20.3 Å². The van der Waals surface area contributed by atoms with Gasteiger partial charge in [0.2, 0.25) is 0 Å². The molecule has 0 atom stereocenters. The van der Waals surface area contributed by atoms with Crippen LogP contribution in [0.3, 0.4) is 0 Å². The maximum absolute atomic E-state index is 13.0. The van der Waals surface area contributed by atoms with E-state index in [0.29, 0.717) is 13.0 Å². The van der Waals surface area contributed by atoms with Crippen LogP contribution in [0.25, 0.3) is 0 Å². The molecule has 0 bridgehead atoms. The van der Waals surface area contributed by atoms with Crippen molar-refractivity contribution in [1.29, 1.82) is 0 Å². The molecule has 2 rings (SSSR count). The molecule has 98 valence electrons. The van der Waals surface area contributed by atoms with Gasteiger partial charge in [0.05, 0.1) is 0 Å². The van der Waals surface area contributed by atoms with Crippen molar-refractivity contribution in [2.24, 2.45) is 5.92 Å². The first-order chi connectivity index (χ1) is 8.54. The molecule has 1 aromatic carbocycles. The van der Waals surface area contributed by atoms with E-state index in [-0.39, 0.29) is 11.3 Å². The van der Waals surface area contributed by atoms with Crippen molar-refractivity contribution in [2.45, 2.75) is 19.3 Å². The molecule has 18 heavy (non-hydrogen) atoms. The first kappa shape index (κ1) is 13.1. The average molecular weight is 253 g/mol. The smallest absolute Gasteiger partial charge is 0.164 e. The Morgan fingerprint density at radius 2 is 1.89 bits per heavy atom. The fourth-order valence-electron chi connectivity index (χ4n) is 1.98. The van der Waals surface area contributed by atoms with Gasteiger partial charge in [0, 0.05) is 31.1 Å². The Hall–Kier alpha value is -1.29. The van der Waals surface area contributed by atoms with Gasteiger partial charge in [0.25, 0.3) is 0 Å². The molecule has 0 unspecified atom stereocenters. The van der Waals surface area contributed by atoms with Crippen molar-refractivity contribution >= 4 is 5.78 Å². The highest BCUT2D eigenvalue weighted by atomic mass is 19.1. The minimum Gasteiger partial charge on any atom is -0.306 e. The predicted molar refractivity (Wildman–Crippen MR) is 65.5 cm³/mol. The lowest BCUT2D eigenvalue weighted by molar-refractivity contribution is 0.0967. The van der Waals surface area contributed by atoms with Crippen LogP contribution in [0.2, 0.25) is 0 Å². The Morgan fingerprint density at radius 1 is 1.28 bits per heavy atom. The molecule has 1 aliphatic rings. The Balaban J connectivity index is 1.86. The first-order valence-electron chi connectivity index (χ1n) is 6.22. The average Bonchev–Trinajstić information content (AvgIpc) is 3.08. The minimum absolute atomic E-state index is 0.118. The van der Waals surface area contributed by atoms with E-state index in [0.717, 1.165) is 30.7 Å². The number of carbonyl (C=O) groups excluding carboxylic acids is 1. The molecule has 1 aromatic rings. The molecular weight excluding hydrogens is 236 g/mol. The molecule has 0 aromatic heterocycles. The van der Waals surface area contributed by atoms with Gasteiger partial charge in [0.15, 0.2) is 5.78 Å². The van der Waals surface area contributed by atoms with Crippen LogP contribution in [0.15, 0.2) is 18.2 Å². The summed E-state index contributed by atoms with van der Waals surface area (Å²) < 4.78 is 25.9. The summed E-state index contributed by atoms with van der Waals surface area (Å²) in [5, 5.41) is 0. The molecule has 0 heterocycles. The normalized spacial score (nSPS) is 15.1. The molecule has 0 aliphatic heterocycles. The van der Waals surface area contributed by atoms with Gasteiger partial charge in [-0.25, -0.2) is 8.78 Å². The van der Waals surface area contributed by atoms with Crippen LogP contribution in [0.5, 0.6) is 0 Å². The van der Waals surface area contributed by atoms with Crippen LogP contribution >= 0.6 is 0 Å². The molecule has 0 saturated heterocycles. The highest BCUT2D eigenvalue weighted by molar-refractivity contribution is 5.96. The van der Waals surface area contributed by atoms with Crippen molar-refractivity contribution in [3.63, 3.8) is 0 Å². The van der Waals surface area contributed by atoms with Crippen LogP contribution < -0.4 is 0 Å². The van der Waals surface area contributed by atoms with E-state index in [1.807, 2.05) is 7.05 Å². The fraction of sp³-hybridized carbons (Fsp3) is 0.500. The number of Topliss-reactive ketones (excluding diaryl/α,β-unsaturated/α-hetero) is 1. The minimum atomic E-state index is -0.704. The number of rotatable bonds is 6. The SMILES string of the molecule is CN(CCC(=O)c1cc(F)cc(F)c1)CC1CC1. The number of ketones is 1. The Kier molecular flexibility index (Phi) is 4.07. The van der Waals surface area contributed by atoms with Gasteiger partial charge in [-0.3, -0.25) is 4.79 Å². The summed E-state index contributed by atoms with van der Waals surface area (Å²) >= 11 is 0. The number of hydrogen-bond donors (Lipinski definition) is 0. The maximum Gasteiger partial charge on any atom is 0.164 e. The van der Waals surface area contributed by atoms with Gasteiger partial charge < -0.3 is 4.90 Å². The first-order valence-corrected chi connectivity index (χ1v) is 6.22. The predicted octanol–water partition coefficient (Wildman–Crippen LogP) is 2.88. The zero-order chi connectivity index (χ0) is 13.1. The lowest BCUT2D eigenvalue weighted by Crippen LogP contribution is -2.24. The van der Waals surface area contributed by atoms with E-state index in [9.17, 15) is 13.6 Å². The highest BCUT2D eigenvalue weighted by Crippen LogP contribution is 2.29. The summed E-state index contributed by atoms with van der Waals surface area (Å²) in [4.78, 5) is 13.9. The van der Waals surface area contributed by atoms with Crippen LogP contribution in [0.1, 0.15) is 29.6 Å². The molecule has 1 fully saturated rings. The lowest BCUT2D eigenvalue weighted by atomic mass is 10.1. The van der Waals surface area contributed by atoms with Crippen LogP contribution in [0.4, 0.5) is 8.78 Å². The molecule has 1 saturated carbocycles. The van der Waals surface area contributed by atoms with E-state index in [2.05, 4.69) is 4.90 Å². The second-order valence-corrected chi connectivity index (χ2v) is 5.04. The van der Waals surface area contributed by atoms with E-state index in [1.54, 1.807) is 0 Å². The van der Waals surface area contributed by atoms with E-state index < -0.39 is 11.6 Å². The number of carbonyl (C=O) groups is 1. The zero-order valence-electron chi connectivity index (χ0n) is 10.5. The maximum atomic E-state index is 13.0. The van der Waals surface area contributed by atoms with Crippen LogP contribution in [0, 0.1) is 17.6 Å². The summed E-state index contributed by atoms with van der Waals surface area (Å²) in [5.74, 6) is -0.845. The molecule has 0 spiro atoms. The number of nitrogens with zero attached hydrogens (tertiary/aromatic N) is 1. The van der Waals surface area contributed by atoms with E-state index >= 15 is 0 Å². The third-order valence-electron chi connectivity index (χ3n) is 3.17. The van der Waals surface area contributed by atoms with Crippen molar-refractivity contribution < 1.29 is 13.6 Å². The Morgan fingerprint density at radius 3 is 2.44 bits per heavy atom. The molecule has 0 N–H and O–H groups in total. The monoisotopic (exact) mass is 253 g/mol. The second-order valence-electron chi connectivity index (χ2n) is 5.04.